The highest BCUT2D eigenvalue weighted by Crippen LogP contribution is 2.30. The maximum atomic E-state index is 6.01. The van der Waals surface area contributed by atoms with Crippen molar-refractivity contribution in [3.63, 3.8) is 0 Å². The van der Waals surface area contributed by atoms with Crippen LogP contribution in [0.3, 0.4) is 0 Å². The summed E-state index contributed by atoms with van der Waals surface area (Å²) in [5.74, 6) is 1.29. The Morgan fingerprint density at radius 1 is 1.18 bits per heavy atom. The van der Waals surface area contributed by atoms with Gasteiger partial charge >= 0.3 is 0 Å². The average molecular weight is 378 g/mol. The summed E-state index contributed by atoms with van der Waals surface area (Å²) in [6, 6.07) is 10.5. The molecule has 7 nitrogen and oxygen atoms in total. The van der Waals surface area contributed by atoms with Gasteiger partial charge in [-0.3, -0.25) is 4.90 Å². The molecular weight excluding hydrogens is 352 g/mol. The normalized spacial score (nSPS) is 13.0. The zero-order valence-corrected chi connectivity index (χ0v) is 16.7. The number of hydrogen-bond acceptors (Lipinski definition) is 5. The van der Waals surface area contributed by atoms with E-state index < -0.39 is 0 Å². The lowest BCUT2D eigenvalue weighted by molar-refractivity contribution is -0.0242. The molecule has 3 heterocycles. The van der Waals surface area contributed by atoms with E-state index in [0.717, 1.165) is 46.5 Å². The van der Waals surface area contributed by atoms with Gasteiger partial charge in [-0.25, -0.2) is 9.97 Å². The van der Waals surface area contributed by atoms with Crippen LogP contribution < -0.4 is 5.73 Å². The van der Waals surface area contributed by atoms with Gasteiger partial charge in [-0.15, -0.1) is 0 Å². The van der Waals surface area contributed by atoms with E-state index in [-0.39, 0.29) is 6.23 Å². The summed E-state index contributed by atoms with van der Waals surface area (Å²) in [7, 11) is 3.84. The molecule has 146 valence electrons. The Balaban J connectivity index is 1.71. The molecule has 1 aromatic carbocycles. The number of hydrogen-bond donors (Lipinski definition) is 3. The molecule has 4 aromatic rings. The molecule has 7 heteroatoms. The Morgan fingerprint density at radius 3 is 2.75 bits per heavy atom. The van der Waals surface area contributed by atoms with Gasteiger partial charge in [0.1, 0.15) is 23.4 Å². The largest absolute Gasteiger partial charge is 0.384 e. The number of nitrogens with one attached hydrogen (secondary N) is 2. The van der Waals surface area contributed by atoms with E-state index in [1.165, 1.54) is 5.56 Å². The summed E-state index contributed by atoms with van der Waals surface area (Å²) >= 11 is 0. The molecule has 0 bridgehead atoms. The van der Waals surface area contributed by atoms with E-state index in [4.69, 9.17) is 10.5 Å². The van der Waals surface area contributed by atoms with Crippen LogP contribution in [0, 0.1) is 6.92 Å². The minimum Gasteiger partial charge on any atom is -0.384 e. The van der Waals surface area contributed by atoms with Crippen LogP contribution in [0.5, 0.6) is 0 Å². The zero-order valence-electron chi connectivity index (χ0n) is 16.7. The fourth-order valence-corrected chi connectivity index (χ4v) is 3.80. The van der Waals surface area contributed by atoms with Gasteiger partial charge in [0.15, 0.2) is 5.65 Å². The molecule has 0 amide bonds. The first kappa shape index (κ1) is 18.5. The number of ether oxygens (including phenoxy) is 1. The molecule has 0 spiro atoms. The van der Waals surface area contributed by atoms with Crippen LogP contribution in [0.15, 0.2) is 30.3 Å². The van der Waals surface area contributed by atoms with Crippen LogP contribution in [0.1, 0.15) is 24.7 Å². The average Bonchev–Trinajstić information content (AvgIpc) is 3.24. The van der Waals surface area contributed by atoms with Crippen molar-refractivity contribution < 1.29 is 4.74 Å². The third kappa shape index (κ3) is 3.34. The fourth-order valence-electron chi connectivity index (χ4n) is 3.80. The molecule has 0 aliphatic rings. The summed E-state index contributed by atoms with van der Waals surface area (Å²) < 4.78 is 5.53. The molecule has 0 saturated carbocycles. The second-order valence-electron chi connectivity index (χ2n) is 7.23. The molecule has 0 radical (unpaired) electrons. The molecule has 0 fully saturated rings. The van der Waals surface area contributed by atoms with Crippen LogP contribution in [-0.2, 0) is 11.3 Å². The van der Waals surface area contributed by atoms with Crippen LogP contribution in [0.2, 0.25) is 0 Å². The first-order valence-electron chi connectivity index (χ1n) is 9.46. The second-order valence-corrected chi connectivity index (χ2v) is 7.23. The van der Waals surface area contributed by atoms with Crippen molar-refractivity contribution in [3.05, 3.63) is 41.7 Å². The highest BCUT2D eigenvalue weighted by atomic mass is 16.5. The van der Waals surface area contributed by atoms with E-state index >= 15 is 0 Å². The van der Waals surface area contributed by atoms with Gasteiger partial charge in [0.05, 0.1) is 0 Å². The van der Waals surface area contributed by atoms with Gasteiger partial charge in [0.2, 0.25) is 0 Å². The molecule has 28 heavy (non-hydrogen) atoms. The zero-order chi connectivity index (χ0) is 19.8. The third-order valence-electron chi connectivity index (χ3n) is 5.11. The first-order valence-corrected chi connectivity index (χ1v) is 9.46. The number of H-pyrrole nitrogens is 2. The summed E-state index contributed by atoms with van der Waals surface area (Å²) in [6.07, 6.45) is 1.07. The number of methoxy groups -OCH3 is 1. The van der Waals surface area contributed by atoms with E-state index in [9.17, 15) is 0 Å². The smallest absolute Gasteiger partial charge is 0.160 e. The molecule has 1 atom stereocenters. The Hall–Kier alpha value is -2.90. The fraction of sp³-hybridized carbons (Fsp3) is 0.333. The highest BCUT2D eigenvalue weighted by molar-refractivity contribution is 5.95. The number of benzene rings is 1. The lowest BCUT2D eigenvalue weighted by Crippen LogP contribution is -2.32. The van der Waals surface area contributed by atoms with Gasteiger partial charge in [0.25, 0.3) is 0 Å². The van der Waals surface area contributed by atoms with Gasteiger partial charge in [-0.1, -0.05) is 13.0 Å². The van der Waals surface area contributed by atoms with Crippen molar-refractivity contribution in [2.45, 2.75) is 33.0 Å². The predicted octanol–water partition coefficient (Wildman–Crippen LogP) is 3.81. The SMILES string of the molecule is CCC(OC)N(C)Cc1ccc2[nH]c(-c3cc(N)nc4[nH]c(C)nc34)cc2c1. The molecular formula is C21H26N6O. The molecule has 0 aliphatic heterocycles. The van der Waals surface area contributed by atoms with Crippen molar-refractivity contribution in [1.82, 2.24) is 24.8 Å². The van der Waals surface area contributed by atoms with Gasteiger partial charge in [0, 0.05) is 35.8 Å². The van der Waals surface area contributed by atoms with E-state index in [0.29, 0.717) is 11.5 Å². The van der Waals surface area contributed by atoms with E-state index in [1.807, 2.05) is 13.0 Å². The standard InChI is InChI=1S/C21H26N6O/c1-5-19(28-4)27(3)11-13-6-7-16-14(8-13)9-17(25-16)15-10-18(22)26-21-20(15)23-12(2)24-21/h6-10,19,25H,5,11H2,1-4H3,(H3,22,23,24,26). The highest BCUT2D eigenvalue weighted by Gasteiger charge is 2.15. The molecule has 3 aromatic heterocycles. The van der Waals surface area contributed by atoms with Crippen LogP contribution >= 0.6 is 0 Å². The van der Waals surface area contributed by atoms with Crippen LogP contribution in [-0.4, -0.2) is 45.2 Å². The lowest BCUT2D eigenvalue weighted by Gasteiger charge is -2.25. The Bertz CT molecular complexity index is 1120. The summed E-state index contributed by atoms with van der Waals surface area (Å²) in [4.78, 5) is 17.8. The number of aromatic nitrogens is 4. The number of imidazole rings is 1. The number of aromatic amines is 2. The topological polar surface area (TPSA) is 95.9 Å². The van der Waals surface area contributed by atoms with Crippen molar-refractivity contribution >= 4 is 27.9 Å². The second kappa shape index (κ2) is 7.26. The number of nitrogen functional groups attached to an aromatic ring is 1. The Kier molecular flexibility index (Phi) is 4.78. The monoisotopic (exact) mass is 378 g/mol. The molecule has 0 aliphatic carbocycles. The molecule has 0 saturated heterocycles. The van der Waals surface area contributed by atoms with Gasteiger partial charge < -0.3 is 20.4 Å². The van der Waals surface area contributed by atoms with Crippen LogP contribution in [0.4, 0.5) is 5.82 Å². The van der Waals surface area contributed by atoms with Crippen molar-refractivity contribution in [1.29, 1.82) is 0 Å². The van der Waals surface area contributed by atoms with E-state index in [2.05, 4.69) is 63.1 Å². The number of nitrogens with two attached hydrogens (primary N) is 1. The number of anilines is 1. The van der Waals surface area contributed by atoms with E-state index in [1.54, 1.807) is 7.11 Å². The quantitative estimate of drug-likeness (QED) is 0.443. The summed E-state index contributed by atoms with van der Waals surface area (Å²) in [6.45, 7) is 4.87. The minimum absolute atomic E-state index is 0.119. The molecule has 4 N–H and O–H groups in total. The van der Waals surface area contributed by atoms with Crippen LogP contribution in [0.25, 0.3) is 33.3 Å². The number of fused-ring (bicyclic) bond motifs is 2. The van der Waals surface area contributed by atoms with Crippen molar-refractivity contribution in [2.75, 3.05) is 19.9 Å². The van der Waals surface area contributed by atoms with Gasteiger partial charge in [-0.2, -0.15) is 0 Å². The number of rotatable bonds is 6. The minimum atomic E-state index is 0.119. The number of aryl methyl sites for hydroxylation is 1. The maximum absolute atomic E-state index is 6.01. The van der Waals surface area contributed by atoms with Crippen molar-refractivity contribution in [3.8, 4) is 11.3 Å². The molecule has 1 unspecified atom stereocenters. The van der Waals surface area contributed by atoms with Crippen molar-refractivity contribution in [2.24, 2.45) is 0 Å². The number of nitrogens with zero attached hydrogens (tertiary/aromatic N) is 3. The Morgan fingerprint density at radius 2 is 2.00 bits per heavy atom. The number of pyridine rings is 1. The maximum Gasteiger partial charge on any atom is 0.160 e. The summed E-state index contributed by atoms with van der Waals surface area (Å²) in [5.41, 5.74) is 11.8. The summed E-state index contributed by atoms with van der Waals surface area (Å²) in [5, 5.41) is 1.15. The lowest BCUT2D eigenvalue weighted by atomic mass is 10.1. The third-order valence-corrected chi connectivity index (χ3v) is 5.11. The molecule has 4 rings (SSSR count). The van der Waals surface area contributed by atoms with Gasteiger partial charge in [-0.05, 0) is 50.2 Å². The first-order chi connectivity index (χ1) is 13.5. The predicted molar refractivity (Wildman–Crippen MR) is 113 cm³/mol. The Labute approximate surface area is 163 Å².